The highest BCUT2D eigenvalue weighted by Gasteiger charge is 2.33. The van der Waals surface area contributed by atoms with Gasteiger partial charge in [-0.2, -0.15) is 0 Å². The van der Waals surface area contributed by atoms with Crippen LogP contribution in [0, 0.1) is 0 Å². The van der Waals surface area contributed by atoms with Gasteiger partial charge in [0.15, 0.2) is 0 Å². The highest BCUT2D eigenvalue weighted by molar-refractivity contribution is 9.09. The zero-order chi connectivity index (χ0) is 38.2. The van der Waals surface area contributed by atoms with Crippen LogP contribution in [-0.4, -0.2) is 106 Å². The van der Waals surface area contributed by atoms with Gasteiger partial charge < -0.3 is 53.2 Å². The third-order valence-corrected chi connectivity index (χ3v) is 8.55. The third kappa shape index (κ3) is 19.0. The molecular weight excluding hydrogens is 729 g/mol. The lowest BCUT2D eigenvalue weighted by atomic mass is 9.76. The monoisotopic (exact) mass is 783 g/mol. The first kappa shape index (κ1) is 45.4. The molecule has 0 saturated heterocycles. The zero-order valence-electron chi connectivity index (χ0n) is 29.3. The predicted molar refractivity (Wildman–Crippen MR) is 196 cm³/mol. The lowest BCUT2D eigenvalue weighted by molar-refractivity contribution is -0.135. The first-order valence-electron chi connectivity index (χ1n) is 17.4. The van der Waals surface area contributed by atoms with Crippen molar-refractivity contribution in [3.63, 3.8) is 0 Å². The SMILES string of the molecule is CCCCC(NC(=O)C(CCC(N)=O)NC(=O)C(CO)NC(=O)C(Cc1ccccc1)NC(=O)CCCCCN)C(=O)NC(CCCBr)B(O)O. The van der Waals surface area contributed by atoms with Crippen molar-refractivity contribution in [2.24, 2.45) is 11.5 Å². The topological polar surface area (TPSA) is 275 Å². The summed E-state index contributed by atoms with van der Waals surface area (Å²) < 4.78 is 0. The molecule has 12 N–H and O–H groups in total. The van der Waals surface area contributed by atoms with E-state index < -0.39 is 73.4 Å². The van der Waals surface area contributed by atoms with Gasteiger partial charge in [0.2, 0.25) is 35.4 Å². The van der Waals surface area contributed by atoms with E-state index in [1.54, 1.807) is 30.3 Å². The highest BCUT2D eigenvalue weighted by atomic mass is 79.9. The Hall–Kier alpha value is -3.58. The van der Waals surface area contributed by atoms with Crippen LogP contribution in [0.5, 0.6) is 0 Å². The summed E-state index contributed by atoms with van der Waals surface area (Å²) in [5.74, 6) is -5.36. The molecular formula is C33H55BBrN7O9. The average molecular weight is 785 g/mol. The molecule has 0 saturated carbocycles. The number of alkyl halides is 1. The van der Waals surface area contributed by atoms with Crippen molar-refractivity contribution >= 4 is 58.5 Å². The molecule has 0 aliphatic heterocycles. The standard InChI is InChI=1S/C33H55BBrN7O9/c1-2-3-13-23(31(47)42-27(34(50)51)14-10-18-35)39-30(46)24(16-17-28(37)44)40-33(49)26(21-43)41-32(48)25(20-22-11-6-4-7-12-22)38-29(45)15-8-5-9-19-36/h4,6-7,11-12,23-27,43,50-51H,2-3,5,8-10,13-21,36H2,1H3,(H2,37,44)(H,38,45)(H,39,46)(H,40,49)(H,41,48)(H,42,47). The molecule has 18 heteroatoms. The maximum Gasteiger partial charge on any atom is 0.475 e. The Kier molecular flexibility index (Phi) is 23.4. The van der Waals surface area contributed by atoms with E-state index in [-0.39, 0.29) is 44.4 Å². The van der Waals surface area contributed by atoms with Gasteiger partial charge in [0.05, 0.1) is 12.5 Å². The number of unbranched alkanes of at least 4 members (excludes halogenated alkanes) is 3. The summed E-state index contributed by atoms with van der Waals surface area (Å²) in [5.41, 5.74) is 11.6. The molecule has 51 heavy (non-hydrogen) atoms. The average Bonchev–Trinajstić information content (AvgIpc) is 3.10. The molecule has 1 aromatic carbocycles. The summed E-state index contributed by atoms with van der Waals surface area (Å²) in [7, 11) is -1.84. The van der Waals surface area contributed by atoms with Crippen LogP contribution in [0.2, 0.25) is 0 Å². The van der Waals surface area contributed by atoms with Gasteiger partial charge >= 0.3 is 7.12 Å². The number of nitrogens with one attached hydrogen (secondary N) is 5. The van der Waals surface area contributed by atoms with Crippen LogP contribution in [0.15, 0.2) is 30.3 Å². The summed E-state index contributed by atoms with van der Waals surface area (Å²) in [6.45, 7) is 1.51. The number of halogens is 1. The van der Waals surface area contributed by atoms with Gasteiger partial charge in [-0.15, -0.1) is 0 Å². The number of primary amides is 1. The Morgan fingerprint density at radius 1 is 0.725 bits per heavy atom. The molecule has 0 aromatic heterocycles. The number of aliphatic hydroxyl groups is 1. The van der Waals surface area contributed by atoms with Gasteiger partial charge in [0.25, 0.3) is 0 Å². The van der Waals surface area contributed by atoms with Gasteiger partial charge in [-0.3, -0.25) is 28.8 Å². The molecule has 1 aromatic rings. The van der Waals surface area contributed by atoms with Crippen molar-refractivity contribution in [2.75, 3.05) is 18.5 Å². The number of aliphatic hydroxyl groups excluding tert-OH is 1. The summed E-state index contributed by atoms with van der Waals surface area (Å²) in [6.07, 6.45) is 3.91. The Morgan fingerprint density at radius 3 is 1.88 bits per heavy atom. The minimum absolute atomic E-state index is 0.0934. The van der Waals surface area contributed by atoms with Crippen molar-refractivity contribution in [2.45, 2.75) is 114 Å². The van der Waals surface area contributed by atoms with Crippen molar-refractivity contribution in [3.05, 3.63) is 35.9 Å². The molecule has 1 rings (SSSR count). The number of hydrogen-bond acceptors (Lipinski definition) is 10. The molecule has 0 heterocycles. The molecule has 5 unspecified atom stereocenters. The van der Waals surface area contributed by atoms with E-state index in [2.05, 4.69) is 42.5 Å². The molecule has 16 nitrogen and oxygen atoms in total. The second-order valence-corrected chi connectivity index (χ2v) is 13.1. The first-order valence-corrected chi connectivity index (χ1v) is 18.5. The molecule has 0 aliphatic rings. The summed E-state index contributed by atoms with van der Waals surface area (Å²) in [5, 5.41) is 42.9. The quantitative estimate of drug-likeness (QED) is 0.0289. The number of hydrogen-bond donors (Lipinski definition) is 10. The molecule has 5 atom stereocenters. The second-order valence-electron chi connectivity index (χ2n) is 12.3. The molecule has 0 aliphatic carbocycles. The number of carbonyl (C=O) groups is 6. The van der Waals surface area contributed by atoms with E-state index >= 15 is 0 Å². The van der Waals surface area contributed by atoms with Gasteiger partial charge in [-0.1, -0.05) is 72.4 Å². The summed E-state index contributed by atoms with van der Waals surface area (Å²) in [6, 6.07) is 3.71. The fraction of sp³-hybridized carbons (Fsp3) is 0.636. The van der Waals surface area contributed by atoms with Crippen LogP contribution in [-0.2, 0) is 35.2 Å². The highest BCUT2D eigenvalue weighted by Crippen LogP contribution is 2.09. The lowest BCUT2D eigenvalue weighted by Crippen LogP contribution is -2.60. The van der Waals surface area contributed by atoms with Gasteiger partial charge in [-0.05, 0) is 50.6 Å². The van der Waals surface area contributed by atoms with E-state index in [0.29, 0.717) is 37.6 Å². The van der Waals surface area contributed by atoms with E-state index in [1.807, 2.05) is 6.92 Å². The van der Waals surface area contributed by atoms with Crippen LogP contribution in [0.25, 0.3) is 0 Å². The first-order chi connectivity index (χ1) is 24.4. The number of rotatable bonds is 27. The van der Waals surface area contributed by atoms with Crippen LogP contribution >= 0.6 is 15.9 Å². The van der Waals surface area contributed by atoms with Crippen LogP contribution < -0.4 is 38.1 Å². The van der Waals surface area contributed by atoms with Gasteiger partial charge in [0, 0.05) is 24.6 Å². The minimum Gasteiger partial charge on any atom is -0.426 e. The second kappa shape index (κ2) is 26.2. The largest absolute Gasteiger partial charge is 0.475 e. The van der Waals surface area contributed by atoms with E-state index in [0.717, 1.165) is 18.4 Å². The molecule has 0 radical (unpaired) electrons. The van der Waals surface area contributed by atoms with Crippen molar-refractivity contribution in [1.82, 2.24) is 26.6 Å². The molecule has 0 spiro atoms. The summed E-state index contributed by atoms with van der Waals surface area (Å²) in [4.78, 5) is 77.8. The maximum atomic E-state index is 13.5. The van der Waals surface area contributed by atoms with Crippen LogP contribution in [0.3, 0.4) is 0 Å². The Labute approximate surface area is 308 Å². The van der Waals surface area contributed by atoms with Gasteiger partial charge in [0.1, 0.15) is 24.2 Å². The Balaban J connectivity index is 3.14. The Bertz CT molecular complexity index is 1230. The zero-order valence-corrected chi connectivity index (χ0v) is 30.9. The van der Waals surface area contributed by atoms with Crippen LogP contribution in [0.1, 0.15) is 83.1 Å². The fourth-order valence-electron chi connectivity index (χ4n) is 5.05. The van der Waals surface area contributed by atoms with E-state index in [9.17, 15) is 43.9 Å². The summed E-state index contributed by atoms with van der Waals surface area (Å²) >= 11 is 3.26. The molecule has 286 valence electrons. The number of nitrogens with two attached hydrogens (primary N) is 2. The normalized spacial score (nSPS) is 13.8. The molecule has 0 fully saturated rings. The third-order valence-electron chi connectivity index (χ3n) is 7.99. The lowest BCUT2D eigenvalue weighted by Gasteiger charge is -2.27. The number of amides is 6. The van der Waals surface area contributed by atoms with Crippen molar-refractivity contribution < 1.29 is 43.9 Å². The molecule has 0 bridgehead atoms. The van der Waals surface area contributed by atoms with Crippen molar-refractivity contribution in [3.8, 4) is 0 Å². The van der Waals surface area contributed by atoms with E-state index in [4.69, 9.17) is 11.5 Å². The fourth-order valence-corrected chi connectivity index (χ4v) is 5.38. The Morgan fingerprint density at radius 2 is 1.31 bits per heavy atom. The maximum absolute atomic E-state index is 13.5. The smallest absolute Gasteiger partial charge is 0.426 e. The van der Waals surface area contributed by atoms with Crippen molar-refractivity contribution in [1.29, 1.82) is 0 Å². The minimum atomic E-state index is -1.84. The van der Waals surface area contributed by atoms with Crippen LogP contribution in [0.4, 0.5) is 0 Å². The van der Waals surface area contributed by atoms with Gasteiger partial charge in [-0.25, -0.2) is 0 Å². The number of benzene rings is 1. The predicted octanol–water partition coefficient (Wildman–Crippen LogP) is -1.19. The number of carbonyl (C=O) groups excluding carboxylic acids is 6. The molecule has 6 amide bonds. The van der Waals surface area contributed by atoms with E-state index in [1.165, 1.54) is 0 Å².